The molecule has 0 spiro atoms. The molecule has 110 valence electrons. The second kappa shape index (κ2) is 5.90. The summed E-state index contributed by atoms with van der Waals surface area (Å²) in [5.74, 6) is -0.344. The van der Waals surface area contributed by atoms with Crippen LogP contribution in [0.3, 0.4) is 0 Å². The maximum atomic E-state index is 12.4. The third-order valence-corrected chi connectivity index (χ3v) is 2.78. The number of hydrogen-bond acceptors (Lipinski definition) is 4. The smallest absolute Gasteiger partial charge is 0.305 e. The predicted octanol–water partition coefficient (Wildman–Crippen LogP) is 2.75. The van der Waals surface area contributed by atoms with Crippen molar-refractivity contribution in [3.63, 3.8) is 0 Å². The number of anilines is 1. The molecule has 20 heavy (non-hydrogen) atoms. The number of rotatable bonds is 4. The van der Waals surface area contributed by atoms with E-state index < -0.39 is 4.92 Å². The molecule has 0 atom stereocenters. The summed E-state index contributed by atoms with van der Waals surface area (Å²) in [6.07, 6.45) is 0. The number of nitro benzene ring substituents is 1. The summed E-state index contributed by atoms with van der Waals surface area (Å²) >= 11 is 0. The van der Waals surface area contributed by atoms with Crippen molar-refractivity contribution >= 4 is 17.3 Å². The first-order valence-corrected chi connectivity index (χ1v) is 6.38. The van der Waals surface area contributed by atoms with Crippen molar-refractivity contribution in [2.75, 3.05) is 26.0 Å². The zero-order valence-corrected chi connectivity index (χ0v) is 12.6. The summed E-state index contributed by atoms with van der Waals surface area (Å²) in [5.41, 5.74) is 0.194. The number of nitrogens with one attached hydrogen (secondary N) is 1. The fraction of sp³-hybridized carbons (Fsp3) is 0.500. The van der Waals surface area contributed by atoms with E-state index in [1.807, 2.05) is 20.8 Å². The number of nitrogens with zero attached hydrogens (tertiary/aromatic N) is 2. The molecule has 6 nitrogen and oxygen atoms in total. The molecule has 1 aromatic carbocycles. The molecule has 1 N–H and O–H groups in total. The molecule has 1 rings (SSSR count). The van der Waals surface area contributed by atoms with Crippen LogP contribution in [0.2, 0.25) is 0 Å². The standard InChI is InChI=1S/C14H21N3O3/c1-14(2,3)9-16(5)13(18)10-7-6-8-11(15-4)12(10)17(19)20/h6-8,15H,9H2,1-5H3. The molecule has 0 heterocycles. The first kappa shape index (κ1) is 15.9. The molecule has 1 aromatic rings. The lowest BCUT2D eigenvalue weighted by Crippen LogP contribution is -2.34. The van der Waals surface area contributed by atoms with Gasteiger partial charge in [0, 0.05) is 20.6 Å². The van der Waals surface area contributed by atoms with Gasteiger partial charge in [0.15, 0.2) is 0 Å². The number of carbonyl (C=O) groups is 1. The Bertz CT molecular complexity index is 521. The van der Waals surface area contributed by atoms with Gasteiger partial charge in [-0.2, -0.15) is 0 Å². The molecule has 0 aliphatic heterocycles. The molecular weight excluding hydrogens is 258 g/mol. The highest BCUT2D eigenvalue weighted by Crippen LogP contribution is 2.29. The highest BCUT2D eigenvalue weighted by molar-refractivity contribution is 6.00. The van der Waals surface area contributed by atoms with Gasteiger partial charge in [0.05, 0.1) is 4.92 Å². The van der Waals surface area contributed by atoms with E-state index in [-0.39, 0.29) is 22.6 Å². The highest BCUT2D eigenvalue weighted by atomic mass is 16.6. The Balaban J connectivity index is 3.19. The Kier molecular flexibility index (Phi) is 4.70. The number of carbonyl (C=O) groups excluding carboxylic acids is 1. The van der Waals surface area contributed by atoms with Gasteiger partial charge in [-0.25, -0.2) is 0 Å². The first-order chi connectivity index (χ1) is 9.17. The minimum atomic E-state index is -0.524. The number of amides is 1. The van der Waals surface area contributed by atoms with Gasteiger partial charge in [-0.1, -0.05) is 26.8 Å². The number of nitro groups is 1. The lowest BCUT2D eigenvalue weighted by Gasteiger charge is -2.26. The second-order valence-electron chi connectivity index (χ2n) is 5.93. The van der Waals surface area contributed by atoms with Crippen LogP contribution in [0, 0.1) is 15.5 Å². The second-order valence-corrected chi connectivity index (χ2v) is 5.93. The normalized spacial score (nSPS) is 11.1. The molecule has 0 saturated heterocycles. The van der Waals surface area contributed by atoms with Crippen LogP contribution in [0.4, 0.5) is 11.4 Å². The average Bonchev–Trinajstić information content (AvgIpc) is 2.34. The average molecular weight is 279 g/mol. The summed E-state index contributed by atoms with van der Waals surface area (Å²) in [6, 6.07) is 4.70. The van der Waals surface area contributed by atoms with Gasteiger partial charge in [-0.3, -0.25) is 14.9 Å². The van der Waals surface area contributed by atoms with Gasteiger partial charge in [0.1, 0.15) is 11.3 Å². The summed E-state index contributed by atoms with van der Waals surface area (Å²) < 4.78 is 0. The molecule has 1 amide bonds. The Labute approximate surface area is 118 Å². The van der Waals surface area contributed by atoms with Crippen LogP contribution in [0.25, 0.3) is 0 Å². The third-order valence-electron chi connectivity index (χ3n) is 2.78. The number of para-hydroxylation sites is 1. The van der Waals surface area contributed by atoms with Crippen LogP contribution in [-0.2, 0) is 0 Å². The lowest BCUT2D eigenvalue weighted by atomic mass is 9.96. The van der Waals surface area contributed by atoms with E-state index in [9.17, 15) is 14.9 Å². The van der Waals surface area contributed by atoms with Crippen molar-refractivity contribution in [2.45, 2.75) is 20.8 Å². The van der Waals surface area contributed by atoms with E-state index in [0.29, 0.717) is 12.2 Å². The summed E-state index contributed by atoms with van der Waals surface area (Å²) in [5, 5.41) is 14.0. The van der Waals surface area contributed by atoms with Gasteiger partial charge in [0.2, 0.25) is 0 Å². The van der Waals surface area contributed by atoms with Gasteiger partial charge < -0.3 is 10.2 Å². The Morgan fingerprint density at radius 1 is 1.40 bits per heavy atom. The van der Waals surface area contributed by atoms with Gasteiger partial charge in [0.25, 0.3) is 5.91 Å². The van der Waals surface area contributed by atoms with E-state index in [1.165, 1.54) is 11.0 Å². The predicted molar refractivity (Wildman–Crippen MR) is 79.1 cm³/mol. The summed E-state index contributed by atoms with van der Waals surface area (Å²) in [6.45, 7) is 6.55. The van der Waals surface area contributed by atoms with Crippen LogP contribution in [0.5, 0.6) is 0 Å². The van der Waals surface area contributed by atoms with E-state index in [4.69, 9.17) is 0 Å². The van der Waals surface area contributed by atoms with Gasteiger partial charge in [-0.15, -0.1) is 0 Å². The van der Waals surface area contributed by atoms with Crippen molar-refractivity contribution in [3.8, 4) is 0 Å². The number of hydrogen-bond donors (Lipinski definition) is 1. The molecule has 0 unspecified atom stereocenters. The summed E-state index contributed by atoms with van der Waals surface area (Å²) in [7, 11) is 3.25. The molecule has 0 fully saturated rings. The van der Waals surface area contributed by atoms with Crippen LogP contribution in [0.15, 0.2) is 18.2 Å². The van der Waals surface area contributed by atoms with Gasteiger partial charge >= 0.3 is 5.69 Å². The molecular formula is C14H21N3O3. The quantitative estimate of drug-likeness (QED) is 0.679. The molecule has 6 heteroatoms. The van der Waals surface area contributed by atoms with Gasteiger partial charge in [-0.05, 0) is 17.5 Å². The Hall–Kier alpha value is -2.11. The first-order valence-electron chi connectivity index (χ1n) is 6.38. The van der Waals surface area contributed by atoms with Crippen molar-refractivity contribution in [1.29, 1.82) is 0 Å². The third kappa shape index (κ3) is 3.69. The van der Waals surface area contributed by atoms with Crippen molar-refractivity contribution in [3.05, 3.63) is 33.9 Å². The van der Waals surface area contributed by atoms with Crippen molar-refractivity contribution in [2.24, 2.45) is 5.41 Å². The maximum absolute atomic E-state index is 12.4. The van der Waals surface area contributed by atoms with Crippen LogP contribution in [0.1, 0.15) is 31.1 Å². The minimum absolute atomic E-state index is 0.0696. The monoisotopic (exact) mass is 279 g/mol. The molecule has 0 saturated carbocycles. The Morgan fingerprint density at radius 2 is 2.00 bits per heavy atom. The fourth-order valence-corrected chi connectivity index (χ4v) is 2.10. The van der Waals surface area contributed by atoms with Crippen LogP contribution < -0.4 is 5.32 Å². The highest BCUT2D eigenvalue weighted by Gasteiger charge is 2.27. The Morgan fingerprint density at radius 3 is 2.45 bits per heavy atom. The number of benzene rings is 1. The zero-order valence-electron chi connectivity index (χ0n) is 12.6. The van der Waals surface area contributed by atoms with Crippen molar-refractivity contribution < 1.29 is 9.72 Å². The fourth-order valence-electron chi connectivity index (χ4n) is 2.10. The SMILES string of the molecule is CNc1cccc(C(=O)N(C)CC(C)(C)C)c1[N+](=O)[O-]. The molecule has 0 radical (unpaired) electrons. The topological polar surface area (TPSA) is 75.5 Å². The molecule has 0 aromatic heterocycles. The van der Waals surface area contributed by atoms with E-state index in [2.05, 4.69) is 5.32 Å². The molecule has 0 aliphatic carbocycles. The zero-order chi connectivity index (χ0) is 15.5. The van der Waals surface area contributed by atoms with E-state index >= 15 is 0 Å². The maximum Gasteiger partial charge on any atom is 0.305 e. The largest absolute Gasteiger partial charge is 0.383 e. The van der Waals surface area contributed by atoms with E-state index in [1.54, 1.807) is 26.2 Å². The van der Waals surface area contributed by atoms with E-state index in [0.717, 1.165) is 0 Å². The molecule has 0 aliphatic rings. The van der Waals surface area contributed by atoms with Crippen molar-refractivity contribution in [1.82, 2.24) is 4.90 Å². The summed E-state index contributed by atoms with van der Waals surface area (Å²) in [4.78, 5) is 24.6. The van der Waals surface area contributed by atoms with Crippen LogP contribution in [-0.4, -0.2) is 36.4 Å². The molecule has 0 bridgehead atoms. The minimum Gasteiger partial charge on any atom is -0.383 e. The lowest BCUT2D eigenvalue weighted by molar-refractivity contribution is -0.384. The van der Waals surface area contributed by atoms with Crippen LogP contribution >= 0.6 is 0 Å².